The van der Waals surface area contributed by atoms with E-state index in [-0.39, 0.29) is 11.8 Å². The molecule has 1 amide bonds. The van der Waals surface area contributed by atoms with Gasteiger partial charge in [0.15, 0.2) is 5.96 Å². The number of rotatable bonds is 8. The van der Waals surface area contributed by atoms with Gasteiger partial charge in [0.05, 0.1) is 19.3 Å². The van der Waals surface area contributed by atoms with Gasteiger partial charge >= 0.3 is 0 Å². The maximum absolute atomic E-state index is 12.2. The molecule has 2 aliphatic rings. The van der Waals surface area contributed by atoms with E-state index >= 15 is 0 Å². The maximum atomic E-state index is 12.2. The van der Waals surface area contributed by atoms with Crippen molar-refractivity contribution in [3.05, 3.63) is 54.1 Å². The highest BCUT2D eigenvalue weighted by molar-refractivity contribution is 5.93. The molecule has 0 spiro atoms. The summed E-state index contributed by atoms with van der Waals surface area (Å²) in [5, 5.41) is 10.00. The minimum atomic E-state index is 0.137. The van der Waals surface area contributed by atoms with Gasteiger partial charge in [-0.05, 0) is 56.0 Å². The number of nitrogens with one attached hydrogen (secondary N) is 3. The molecule has 1 heterocycles. The van der Waals surface area contributed by atoms with Crippen LogP contribution >= 0.6 is 0 Å². The number of carbonyl (C=O) groups excluding carboxylic acids is 1. The van der Waals surface area contributed by atoms with E-state index in [2.05, 4.69) is 33.8 Å². The van der Waals surface area contributed by atoms with Crippen LogP contribution in [0.15, 0.2) is 53.5 Å². The third-order valence-corrected chi connectivity index (χ3v) is 6.39. The molecule has 176 valence electrons. The molecule has 4 rings (SSSR count). The number of aliphatic imine (C=N–C) groups is 1. The summed E-state index contributed by atoms with van der Waals surface area (Å²) in [5.74, 6) is 2.03. The van der Waals surface area contributed by atoms with Gasteiger partial charge in [-0.25, -0.2) is 4.99 Å². The van der Waals surface area contributed by atoms with Crippen molar-refractivity contribution in [2.75, 3.05) is 37.0 Å². The molecular weight excluding hydrogens is 414 g/mol. The standard InChI is InChI=1S/C26H35N5O2/c1-3-27-26(30-22-14-15-31(18-22)23-12-4-5-13-24(23)33-2)28-17-19-8-6-11-21(16-19)29-25(32)20-9-7-10-20/h4-6,8,11-13,16,20,22H,3,7,9-10,14-15,17-18H2,1-2H3,(H,29,32)(H2,27,28,30). The zero-order valence-electron chi connectivity index (χ0n) is 19.6. The summed E-state index contributed by atoms with van der Waals surface area (Å²) in [7, 11) is 1.72. The lowest BCUT2D eigenvalue weighted by atomic mass is 9.85. The molecule has 0 radical (unpaired) electrons. The number of methoxy groups -OCH3 is 1. The van der Waals surface area contributed by atoms with Crippen LogP contribution in [0.5, 0.6) is 5.75 Å². The average Bonchev–Trinajstić information content (AvgIpc) is 3.25. The lowest BCUT2D eigenvalue weighted by Gasteiger charge is -2.24. The molecule has 7 nitrogen and oxygen atoms in total. The molecule has 1 unspecified atom stereocenters. The molecule has 1 aliphatic heterocycles. The number of benzene rings is 2. The normalized spacial score (nSPS) is 18.5. The Hall–Kier alpha value is -3.22. The van der Waals surface area contributed by atoms with Crippen molar-refractivity contribution in [3.63, 3.8) is 0 Å². The summed E-state index contributed by atoms with van der Waals surface area (Å²) in [6, 6.07) is 16.4. The fraction of sp³-hybridized carbons (Fsp3) is 0.462. The Bertz CT molecular complexity index is 973. The SMILES string of the molecule is CCNC(=NCc1cccc(NC(=O)C2CCC2)c1)NC1CCN(c2ccccc2OC)C1. The Morgan fingerprint density at radius 2 is 2.00 bits per heavy atom. The highest BCUT2D eigenvalue weighted by atomic mass is 16.5. The molecule has 2 aromatic carbocycles. The van der Waals surface area contributed by atoms with Crippen LogP contribution in [0.3, 0.4) is 0 Å². The largest absolute Gasteiger partial charge is 0.495 e. The van der Waals surface area contributed by atoms with Crippen molar-refractivity contribution < 1.29 is 9.53 Å². The number of hydrogen-bond donors (Lipinski definition) is 3. The predicted molar refractivity (Wildman–Crippen MR) is 134 cm³/mol. The van der Waals surface area contributed by atoms with Crippen LogP contribution in [0.4, 0.5) is 11.4 Å². The fourth-order valence-electron chi connectivity index (χ4n) is 4.33. The minimum absolute atomic E-state index is 0.137. The molecular formula is C26H35N5O2. The minimum Gasteiger partial charge on any atom is -0.495 e. The summed E-state index contributed by atoms with van der Waals surface area (Å²) in [4.78, 5) is 19.4. The van der Waals surface area contributed by atoms with Gasteiger partial charge in [0, 0.05) is 37.3 Å². The van der Waals surface area contributed by atoms with Gasteiger partial charge in [-0.3, -0.25) is 4.79 Å². The van der Waals surface area contributed by atoms with Gasteiger partial charge in [0.25, 0.3) is 0 Å². The second kappa shape index (κ2) is 11.1. The highest BCUT2D eigenvalue weighted by Crippen LogP contribution is 2.30. The van der Waals surface area contributed by atoms with Crippen LogP contribution < -0.4 is 25.6 Å². The molecule has 1 atom stereocenters. The van der Waals surface area contributed by atoms with Crippen LogP contribution in [0.25, 0.3) is 0 Å². The van der Waals surface area contributed by atoms with E-state index in [9.17, 15) is 4.79 Å². The van der Waals surface area contributed by atoms with Crippen molar-refractivity contribution >= 4 is 23.2 Å². The fourth-order valence-corrected chi connectivity index (χ4v) is 4.33. The Morgan fingerprint density at radius 1 is 1.15 bits per heavy atom. The highest BCUT2D eigenvalue weighted by Gasteiger charge is 2.26. The van der Waals surface area contributed by atoms with Crippen LogP contribution in [0.2, 0.25) is 0 Å². The quantitative estimate of drug-likeness (QED) is 0.422. The third kappa shape index (κ3) is 5.97. The van der Waals surface area contributed by atoms with E-state index < -0.39 is 0 Å². The van der Waals surface area contributed by atoms with Crippen molar-refractivity contribution in [2.45, 2.75) is 45.2 Å². The van der Waals surface area contributed by atoms with E-state index in [4.69, 9.17) is 9.73 Å². The van der Waals surface area contributed by atoms with Crippen LogP contribution in [0.1, 0.15) is 38.2 Å². The number of amides is 1. The van der Waals surface area contributed by atoms with Crippen molar-refractivity contribution in [3.8, 4) is 5.75 Å². The van der Waals surface area contributed by atoms with Gasteiger partial charge in [-0.15, -0.1) is 0 Å². The first-order valence-corrected chi connectivity index (χ1v) is 12.0. The summed E-state index contributed by atoms with van der Waals surface area (Å²) in [6.07, 6.45) is 4.20. The predicted octanol–water partition coefficient (Wildman–Crippen LogP) is 3.77. The van der Waals surface area contributed by atoms with Gasteiger partial charge in [0.1, 0.15) is 5.75 Å². The lowest BCUT2D eigenvalue weighted by Crippen LogP contribution is -2.44. The van der Waals surface area contributed by atoms with Crippen molar-refractivity contribution in [1.29, 1.82) is 0 Å². The summed E-state index contributed by atoms with van der Waals surface area (Å²) in [6.45, 7) is 5.29. The monoisotopic (exact) mass is 449 g/mol. The molecule has 1 saturated heterocycles. The number of para-hydroxylation sites is 2. The van der Waals surface area contributed by atoms with Crippen molar-refractivity contribution in [2.24, 2.45) is 10.9 Å². The van der Waals surface area contributed by atoms with Gasteiger partial charge in [0.2, 0.25) is 5.91 Å². The third-order valence-electron chi connectivity index (χ3n) is 6.39. The van der Waals surface area contributed by atoms with E-state index in [1.807, 2.05) is 42.5 Å². The van der Waals surface area contributed by atoms with Gasteiger partial charge in [-0.1, -0.05) is 30.7 Å². The molecule has 3 N–H and O–H groups in total. The van der Waals surface area contributed by atoms with E-state index in [1.54, 1.807) is 7.11 Å². The zero-order valence-corrected chi connectivity index (χ0v) is 19.6. The first kappa shape index (κ1) is 23.0. The van der Waals surface area contributed by atoms with Crippen molar-refractivity contribution in [1.82, 2.24) is 10.6 Å². The van der Waals surface area contributed by atoms with E-state index in [0.717, 1.165) is 74.0 Å². The van der Waals surface area contributed by atoms with Gasteiger partial charge < -0.3 is 25.6 Å². The number of ether oxygens (including phenoxy) is 1. The molecule has 7 heteroatoms. The zero-order chi connectivity index (χ0) is 23.0. The number of hydrogen-bond acceptors (Lipinski definition) is 4. The Balaban J connectivity index is 1.35. The second-order valence-corrected chi connectivity index (χ2v) is 8.76. The Kier molecular flexibility index (Phi) is 7.70. The smallest absolute Gasteiger partial charge is 0.227 e. The molecule has 0 bridgehead atoms. The van der Waals surface area contributed by atoms with Crippen LogP contribution in [-0.2, 0) is 11.3 Å². The number of guanidine groups is 1. The van der Waals surface area contributed by atoms with E-state index in [1.165, 1.54) is 0 Å². The average molecular weight is 450 g/mol. The first-order chi connectivity index (χ1) is 16.2. The van der Waals surface area contributed by atoms with Gasteiger partial charge in [-0.2, -0.15) is 0 Å². The Morgan fingerprint density at radius 3 is 2.76 bits per heavy atom. The molecule has 0 aromatic heterocycles. The number of nitrogens with zero attached hydrogens (tertiary/aromatic N) is 2. The maximum Gasteiger partial charge on any atom is 0.227 e. The number of anilines is 2. The molecule has 1 aliphatic carbocycles. The summed E-state index contributed by atoms with van der Waals surface area (Å²) < 4.78 is 5.53. The topological polar surface area (TPSA) is 78.0 Å². The molecule has 2 aromatic rings. The van der Waals surface area contributed by atoms with E-state index in [0.29, 0.717) is 12.6 Å². The summed E-state index contributed by atoms with van der Waals surface area (Å²) >= 11 is 0. The number of carbonyl (C=O) groups is 1. The second-order valence-electron chi connectivity index (χ2n) is 8.76. The lowest BCUT2D eigenvalue weighted by molar-refractivity contribution is -0.122. The summed E-state index contributed by atoms with van der Waals surface area (Å²) in [5.41, 5.74) is 3.05. The Labute approximate surface area is 196 Å². The van der Waals surface area contributed by atoms with Crippen LogP contribution in [0, 0.1) is 5.92 Å². The first-order valence-electron chi connectivity index (χ1n) is 12.0. The molecule has 2 fully saturated rings. The molecule has 1 saturated carbocycles. The van der Waals surface area contributed by atoms with Crippen LogP contribution in [-0.4, -0.2) is 44.7 Å². The molecule has 33 heavy (non-hydrogen) atoms.